The van der Waals surface area contributed by atoms with Gasteiger partial charge in [0.05, 0.1) is 19.1 Å². The van der Waals surface area contributed by atoms with Gasteiger partial charge in [-0.2, -0.15) is 0 Å². The lowest BCUT2D eigenvalue weighted by Crippen LogP contribution is -2.08. The molecule has 4 heteroatoms. The first-order valence-corrected chi connectivity index (χ1v) is 7.63. The SMILES string of the molecule is COc1ccc(C(Cl)C2COc3ccccc32)c(Br)c1. The van der Waals surface area contributed by atoms with Crippen LogP contribution in [-0.4, -0.2) is 13.7 Å². The molecule has 0 aliphatic carbocycles. The van der Waals surface area contributed by atoms with Gasteiger partial charge in [0.2, 0.25) is 0 Å². The summed E-state index contributed by atoms with van der Waals surface area (Å²) in [6.45, 7) is 0.617. The number of hydrogen-bond acceptors (Lipinski definition) is 2. The lowest BCUT2D eigenvalue weighted by atomic mass is 9.93. The van der Waals surface area contributed by atoms with Crippen molar-refractivity contribution >= 4 is 27.5 Å². The molecular formula is C16H14BrClO2. The van der Waals surface area contributed by atoms with Gasteiger partial charge in [-0.25, -0.2) is 0 Å². The van der Waals surface area contributed by atoms with E-state index in [0.717, 1.165) is 21.5 Å². The number of ether oxygens (including phenoxy) is 2. The Bertz CT molecular complexity index is 630. The average Bonchev–Trinajstić information content (AvgIpc) is 2.90. The number of benzene rings is 2. The highest BCUT2D eigenvalue weighted by molar-refractivity contribution is 9.10. The third-order valence-corrected chi connectivity index (χ3v) is 4.82. The maximum absolute atomic E-state index is 6.69. The Balaban J connectivity index is 1.92. The third kappa shape index (κ3) is 2.40. The van der Waals surface area contributed by atoms with E-state index >= 15 is 0 Å². The second kappa shape index (κ2) is 5.66. The molecule has 0 fully saturated rings. The van der Waals surface area contributed by atoms with E-state index in [-0.39, 0.29) is 11.3 Å². The summed E-state index contributed by atoms with van der Waals surface area (Å²) in [5.74, 6) is 1.91. The second-order valence-corrected chi connectivity index (χ2v) is 6.07. The molecule has 2 atom stereocenters. The molecule has 1 heterocycles. The smallest absolute Gasteiger partial charge is 0.122 e. The van der Waals surface area contributed by atoms with Crippen molar-refractivity contribution in [1.29, 1.82) is 0 Å². The third-order valence-electron chi connectivity index (χ3n) is 3.59. The van der Waals surface area contributed by atoms with Gasteiger partial charge in [-0.3, -0.25) is 0 Å². The molecule has 1 aliphatic heterocycles. The molecule has 3 rings (SSSR count). The van der Waals surface area contributed by atoms with Gasteiger partial charge in [-0.05, 0) is 23.8 Å². The van der Waals surface area contributed by atoms with E-state index in [1.807, 2.05) is 36.4 Å². The van der Waals surface area contributed by atoms with E-state index in [0.29, 0.717) is 6.61 Å². The van der Waals surface area contributed by atoms with Crippen LogP contribution in [0.15, 0.2) is 46.9 Å². The summed E-state index contributed by atoms with van der Waals surface area (Å²) in [6.07, 6.45) is 0. The van der Waals surface area contributed by atoms with E-state index in [9.17, 15) is 0 Å². The predicted octanol–water partition coefficient (Wildman–Crippen LogP) is 4.91. The van der Waals surface area contributed by atoms with Crippen LogP contribution in [0.2, 0.25) is 0 Å². The summed E-state index contributed by atoms with van der Waals surface area (Å²) in [5, 5.41) is -0.140. The first-order chi connectivity index (χ1) is 9.70. The number of alkyl halides is 1. The molecule has 0 saturated heterocycles. The molecule has 104 valence electrons. The molecule has 0 aromatic heterocycles. The zero-order valence-corrected chi connectivity index (χ0v) is 13.3. The van der Waals surface area contributed by atoms with Crippen LogP contribution in [0.5, 0.6) is 11.5 Å². The Morgan fingerprint density at radius 1 is 1.30 bits per heavy atom. The molecule has 0 amide bonds. The number of methoxy groups -OCH3 is 1. The molecule has 0 bridgehead atoms. The minimum atomic E-state index is -0.140. The highest BCUT2D eigenvalue weighted by Gasteiger charge is 2.31. The Hall–Kier alpha value is -1.19. The fourth-order valence-corrected chi connectivity index (χ4v) is 3.64. The Kier molecular flexibility index (Phi) is 3.90. The summed E-state index contributed by atoms with van der Waals surface area (Å²) in [5.41, 5.74) is 2.23. The van der Waals surface area contributed by atoms with Crippen molar-refractivity contribution in [2.75, 3.05) is 13.7 Å². The maximum Gasteiger partial charge on any atom is 0.122 e. The minimum Gasteiger partial charge on any atom is -0.497 e. The lowest BCUT2D eigenvalue weighted by Gasteiger charge is -2.18. The van der Waals surface area contributed by atoms with Crippen LogP contribution < -0.4 is 9.47 Å². The standard InChI is InChI=1S/C16H14BrClO2/c1-19-10-6-7-12(14(17)8-10)16(18)13-9-20-15-5-3-2-4-11(13)15/h2-8,13,16H,9H2,1H3. The Morgan fingerprint density at radius 2 is 2.10 bits per heavy atom. The number of fused-ring (bicyclic) bond motifs is 1. The normalized spacial score (nSPS) is 18.2. The van der Waals surface area contributed by atoms with Crippen LogP contribution in [0.1, 0.15) is 22.4 Å². The average molecular weight is 354 g/mol. The number of rotatable bonds is 3. The van der Waals surface area contributed by atoms with Gasteiger partial charge in [0.1, 0.15) is 11.5 Å². The van der Waals surface area contributed by atoms with Crippen molar-refractivity contribution < 1.29 is 9.47 Å². The van der Waals surface area contributed by atoms with Gasteiger partial charge in [-0.15, -0.1) is 11.6 Å². The molecule has 0 spiro atoms. The van der Waals surface area contributed by atoms with E-state index in [1.165, 1.54) is 5.56 Å². The molecular weight excluding hydrogens is 340 g/mol. The van der Waals surface area contributed by atoms with Crippen molar-refractivity contribution in [3.8, 4) is 11.5 Å². The summed E-state index contributed by atoms with van der Waals surface area (Å²) in [6, 6.07) is 13.9. The molecule has 2 nitrogen and oxygen atoms in total. The van der Waals surface area contributed by atoms with Gasteiger partial charge >= 0.3 is 0 Å². The van der Waals surface area contributed by atoms with Crippen molar-refractivity contribution in [3.05, 3.63) is 58.1 Å². The quantitative estimate of drug-likeness (QED) is 0.730. The van der Waals surface area contributed by atoms with E-state index < -0.39 is 0 Å². The molecule has 0 radical (unpaired) electrons. The largest absolute Gasteiger partial charge is 0.497 e. The fourth-order valence-electron chi connectivity index (χ4n) is 2.50. The summed E-state index contributed by atoms with van der Waals surface area (Å²) >= 11 is 10.3. The number of halogens is 2. The maximum atomic E-state index is 6.69. The van der Waals surface area contributed by atoms with Gasteiger partial charge in [0.15, 0.2) is 0 Å². The van der Waals surface area contributed by atoms with Crippen LogP contribution in [0.25, 0.3) is 0 Å². The first kappa shape index (κ1) is 13.8. The van der Waals surface area contributed by atoms with E-state index in [4.69, 9.17) is 21.1 Å². The zero-order valence-electron chi connectivity index (χ0n) is 11.0. The summed E-state index contributed by atoms with van der Waals surface area (Å²) in [7, 11) is 1.65. The zero-order chi connectivity index (χ0) is 14.1. The minimum absolute atomic E-state index is 0.140. The van der Waals surface area contributed by atoms with Crippen molar-refractivity contribution in [3.63, 3.8) is 0 Å². The van der Waals surface area contributed by atoms with E-state index in [2.05, 4.69) is 22.0 Å². The fraction of sp³-hybridized carbons (Fsp3) is 0.250. The molecule has 20 heavy (non-hydrogen) atoms. The number of hydrogen-bond donors (Lipinski definition) is 0. The molecule has 0 saturated carbocycles. The molecule has 1 aliphatic rings. The highest BCUT2D eigenvalue weighted by atomic mass is 79.9. The number of para-hydroxylation sites is 1. The van der Waals surface area contributed by atoms with Crippen molar-refractivity contribution in [1.82, 2.24) is 0 Å². The van der Waals surface area contributed by atoms with Crippen LogP contribution in [0, 0.1) is 0 Å². The van der Waals surface area contributed by atoms with Crippen LogP contribution >= 0.6 is 27.5 Å². The van der Waals surface area contributed by atoms with Gasteiger partial charge in [0, 0.05) is 16.0 Å². The lowest BCUT2D eigenvalue weighted by molar-refractivity contribution is 0.327. The van der Waals surface area contributed by atoms with Gasteiger partial charge in [-0.1, -0.05) is 40.2 Å². The second-order valence-electron chi connectivity index (χ2n) is 4.74. The first-order valence-electron chi connectivity index (χ1n) is 6.40. The monoisotopic (exact) mass is 352 g/mol. The van der Waals surface area contributed by atoms with E-state index in [1.54, 1.807) is 7.11 Å². The van der Waals surface area contributed by atoms with Crippen molar-refractivity contribution in [2.45, 2.75) is 11.3 Å². The van der Waals surface area contributed by atoms with Crippen LogP contribution in [-0.2, 0) is 0 Å². The predicted molar refractivity (Wildman–Crippen MR) is 84.0 cm³/mol. The molecule has 2 aromatic rings. The Labute approximate surface area is 131 Å². The van der Waals surface area contributed by atoms with Gasteiger partial charge in [0.25, 0.3) is 0 Å². The summed E-state index contributed by atoms with van der Waals surface area (Å²) < 4.78 is 11.9. The molecule has 0 N–H and O–H groups in total. The van der Waals surface area contributed by atoms with Crippen LogP contribution in [0.3, 0.4) is 0 Å². The highest BCUT2D eigenvalue weighted by Crippen LogP contribution is 2.46. The molecule has 2 unspecified atom stereocenters. The Morgan fingerprint density at radius 3 is 2.85 bits per heavy atom. The topological polar surface area (TPSA) is 18.5 Å². The van der Waals surface area contributed by atoms with Crippen LogP contribution in [0.4, 0.5) is 0 Å². The molecule has 2 aromatic carbocycles. The summed E-state index contributed by atoms with van der Waals surface area (Å²) in [4.78, 5) is 0. The van der Waals surface area contributed by atoms with Gasteiger partial charge < -0.3 is 9.47 Å². The van der Waals surface area contributed by atoms with Crippen molar-refractivity contribution in [2.24, 2.45) is 0 Å².